The lowest BCUT2D eigenvalue weighted by molar-refractivity contribution is 0.0601. The summed E-state index contributed by atoms with van der Waals surface area (Å²) in [6, 6.07) is 10.0. The summed E-state index contributed by atoms with van der Waals surface area (Å²) in [5.41, 5.74) is 1.11. The molecule has 0 spiro atoms. The van der Waals surface area contributed by atoms with Gasteiger partial charge < -0.3 is 20.1 Å². The molecule has 8 nitrogen and oxygen atoms in total. The molecule has 0 bridgehead atoms. The fraction of sp³-hybridized carbons (Fsp3) is 0.250. The number of nitrogens with zero attached hydrogens (tertiary/aromatic N) is 2. The van der Waals surface area contributed by atoms with E-state index in [9.17, 15) is 9.59 Å². The van der Waals surface area contributed by atoms with Gasteiger partial charge >= 0.3 is 5.97 Å². The Morgan fingerprint density at radius 3 is 2.54 bits per heavy atom. The van der Waals surface area contributed by atoms with Crippen molar-refractivity contribution in [3.05, 3.63) is 47.7 Å². The summed E-state index contributed by atoms with van der Waals surface area (Å²) in [7, 11) is 2.87. The number of anilines is 2. The number of benzene rings is 1. The summed E-state index contributed by atoms with van der Waals surface area (Å²) in [4.78, 5) is 23.6. The molecule has 1 amide bonds. The van der Waals surface area contributed by atoms with E-state index in [0.717, 1.165) is 0 Å². The molecule has 2 aromatic rings. The van der Waals surface area contributed by atoms with Crippen molar-refractivity contribution < 1.29 is 19.1 Å². The minimum Gasteiger partial charge on any atom is -0.465 e. The molecule has 1 heterocycles. The standard InChI is InChI=1S/C16H18N4O4/c1-23-10-9-17-15(21)13-7-8-14(20-19-13)18-12-6-4-3-5-11(12)16(22)24-2/h3-8H,9-10H2,1-2H3,(H,17,21)(H,18,20). The zero-order chi connectivity index (χ0) is 17.4. The molecule has 1 aromatic heterocycles. The van der Waals surface area contributed by atoms with Gasteiger partial charge in [-0.3, -0.25) is 4.79 Å². The van der Waals surface area contributed by atoms with Gasteiger partial charge in [-0.05, 0) is 24.3 Å². The van der Waals surface area contributed by atoms with Crippen molar-refractivity contribution in [3.8, 4) is 0 Å². The van der Waals surface area contributed by atoms with Crippen LogP contribution in [0, 0.1) is 0 Å². The number of carbonyl (C=O) groups is 2. The Hall–Kier alpha value is -3.00. The Morgan fingerprint density at radius 1 is 1.08 bits per heavy atom. The fourth-order valence-corrected chi connectivity index (χ4v) is 1.90. The summed E-state index contributed by atoms with van der Waals surface area (Å²) in [5.74, 6) is -0.388. The van der Waals surface area contributed by atoms with Gasteiger partial charge in [-0.25, -0.2) is 4.79 Å². The van der Waals surface area contributed by atoms with Gasteiger partial charge in [0.1, 0.15) is 0 Å². The topological polar surface area (TPSA) is 102 Å². The van der Waals surface area contributed by atoms with Crippen molar-refractivity contribution in [1.82, 2.24) is 15.5 Å². The van der Waals surface area contributed by atoms with Gasteiger partial charge in [-0.2, -0.15) is 0 Å². The number of amides is 1. The Kier molecular flexibility index (Phi) is 6.21. The molecule has 0 aliphatic carbocycles. The maximum atomic E-state index is 11.8. The fourth-order valence-electron chi connectivity index (χ4n) is 1.90. The van der Waals surface area contributed by atoms with E-state index in [1.807, 2.05) is 0 Å². The monoisotopic (exact) mass is 330 g/mol. The molecular weight excluding hydrogens is 312 g/mol. The van der Waals surface area contributed by atoms with E-state index in [1.54, 1.807) is 37.4 Å². The third kappa shape index (κ3) is 4.50. The average molecular weight is 330 g/mol. The number of aromatic nitrogens is 2. The van der Waals surface area contributed by atoms with Crippen LogP contribution in [0.25, 0.3) is 0 Å². The van der Waals surface area contributed by atoms with Gasteiger partial charge in [0.15, 0.2) is 11.5 Å². The first-order valence-electron chi connectivity index (χ1n) is 7.21. The number of nitrogens with one attached hydrogen (secondary N) is 2. The van der Waals surface area contributed by atoms with E-state index in [2.05, 4.69) is 20.8 Å². The molecule has 8 heteroatoms. The molecule has 0 aliphatic rings. The molecule has 0 atom stereocenters. The SMILES string of the molecule is COCCNC(=O)c1ccc(Nc2ccccc2C(=O)OC)nn1. The first-order chi connectivity index (χ1) is 11.7. The highest BCUT2D eigenvalue weighted by atomic mass is 16.5. The molecule has 24 heavy (non-hydrogen) atoms. The third-order valence-corrected chi connectivity index (χ3v) is 3.08. The minimum atomic E-state index is -0.458. The molecule has 0 fully saturated rings. The predicted molar refractivity (Wildman–Crippen MR) is 87.3 cm³/mol. The number of ether oxygens (including phenoxy) is 2. The van der Waals surface area contributed by atoms with E-state index in [1.165, 1.54) is 13.2 Å². The van der Waals surface area contributed by atoms with Crippen molar-refractivity contribution in [3.63, 3.8) is 0 Å². The third-order valence-electron chi connectivity index (χ3n) is 3.08. The quantitative estimate of drug-likeness (QED) is 0.584. The molecule has 1 aromatic carbocycles. The molecule has 2 rings (SSSR count). The first-order valence-corrected chi connectivity index (χ1v) is 7.21. The van der Waals surface area contributed by atoms with Crippen LogP contribution in [0.15, 0.2) is 36.4 Å². The predicted octanol–water partition coefficient (Wildman–Crippen LogP) is 1.38. The highest BCUT2D eigenvalue weighted by Crippen LogP contribution is 2.19. The Balaban J connectivity index is 2.07. The van der Waals surface area contributed by atoms with Gasteiger partial charge in [-0.1, -0.05) is 12.1 Å². The van der Waals surface area contributed by atoms with Gasteiger partial charge in [0.25, 0.3) is 5.91 Å². The van der Waals surface area contributed by atoms with Gasteiger partial charge in [0.05, 0.1) is 25.0 Å². The largest absolute Gasteiger partial charge is 0.465 e. The molecule has 126 valence electrons. The second-order valence-corrected chi connectivity index (χ2v) is 4.71. The van der Waals surface area contributed by atoms with Crippen LogP contribution in [0.5, 0.6) is 0 Å². The number of methoxy groups -OCH3 is 2. The zero-order valence-corrected chi connectivity index (χ0v) is 13.4. The summed E-state index contributed by atoms with van der Waals surface area (Å²) >= 11 is 0. The lowest BCUT2D eigenvalue weighted by Crippen LogP contribution is -2.27. The van der Waals surface area contributed by atoms with Crippen molar-refractivity contribution >= 4 is 23.4 Å². The second kappa shape index (κ2) is 8.59. The van der Waals surface area contributed by atoms with Gasteiger partial charge in [0, 0.05) is 13.7 Å². The van der Waals surface area contributed by atoms with Crippen LogP contribution in [0.3, 0.4) is 0 Å². The Bertz CT molecular complexity index is 703. The number of rotatable bonds is 7. The maximum absolute atomic E-state index is 11.8. The van der Waals surface area contributed by atoms with E-state index in [0.29, 0.717) is 30.2 Å². The molecule has 2 N–H and O–H groups in total. The Labute approximate surface area is 139 Å². The zero-order valence-electron chi connectivity index (χ0n) is 13.4. The molecule has 0 radical (unpaired) electrons. The van der Waals surface area contributed by atoms with Crippen molar-refractivity contribution in [1.29, 1.82) is 0 Å². The summed E-state index contributed by atoms with van der Waals surface area (Å²) in [6.07, 6.45) is 0. The maximum Gasteiger partial charge on any atom is 0.339 e. The number of esters is 1. The molecular formula is C16H18N4O4. The average Bonchev–Trinajstić information content (AvgIpc) is 2.62. The molecule has 0 aliphatic heterocycles. The highest BCUT2D eigenvalue weighted by molar-refractivity contribution is 5.96. The summed E-state index contributed by atoms with van der Waals surface area (Å²) < 4.78 is 9.59. The van der Waals surface area contributed by atoms with E-state index in [4.69, 9.17) is 9.47 Å². The van der Waals surface area contributed by atoms with E-state index >= 15 is 0 Å². The van der Waals surface area contributed by atoms with Crippen LogP contribution in [-0.2, 0) is 9.47 Å². The lowest BCUT2D eigenvalue weighted by atomic mass is 10.2. The van der Waals surface area contributed by atoms with Crippen LogP contribution in [-0.4, -0.2) is 49.4 Å². The minimum absolute atomic E-state index is 0.193. The van der Waals surface area contributed by atoms with Gasteiger partial charge in [-0.15, -0.1) is 10.2 Å². The molecule has 0 saturated carbocycles. The van der Waals surface area contributed by atoms with E-state index < -0.39 is 5.97 Å². The van der Waals surface area contributed by atoms with Gasteiger partial charge in [0.2, 0.25) is 0 Å². The summed E-state index contributed by atoms with van der Waals surface area (Å²) in [6.45, 7) is 0.812. The van der Waals surface area contributed by atoms with Crippen molar-refractivity contribution in [2.24, 2.45) is 0 Å². The van der Waals surface area contributed by atoms with Crippen LogP contribution >= 0.6 is 0 Å². The second-order valence-electron chi connectivity index (χ2n) is 4.71. The number of carbonyl (C=O) groups excluding carboxylic acids is 2. The normalized spacial score (nSPS) is 10.1. The number of hydrogen-bond acceptors (Lipinski definition) is 7. The van der Waals surface area contributed by atoms with Crippen LogP contribution < -0.4 is 10.6 Å². The molecule has 0 unspecified atom stereocenters. The van der Waals surface area contributed by atoms with Crippen molar-refractivity contribution in [2.45, 2.75) is 0 Å². The Morgan fingerprint density at radius 2 is 1.88 bits per heavy atom. The lowest BCUT2D eigenvalue weighted by Gasteiger charge is -2.09. The first kappa shape index (κ1) is 17.4. The van der Waals surface area contributed by atoms with Crippen LogP contribution in [0.2, 0.25) is 0 Å². The number of para-hydroxylation sites is 1. The number of hydrogen-bond donors (Lipinski definition) is 2. The van der Waals surface area contributed by atoms with Crippen LogP contribution in [0.1, 0.15) is 20.8 Å². The summed E-state index contributed by atoms with van der Waals surface area (Å²) in [5, 5.41) is 13.4. The smallest absolute Gasteiger partial charge is 0.339 e. The van der Waals surface area contributed by atoms with Crippen molar-refractivity contribution in [2.75, 3.05) is 32.7 Å². The van der Waals surface area contributed by atoms with Crippen LogP contribution in [0.4, 0.5) is 11.5 Å². The molecule has 0 saturated heterocycles. The highest BCUT2D eigenvalue weighted by Gasteiger charge is 2.12. The van der Waals surface area contributed by atoms with E-state index in [-0.39, 0.29) is 11.6 Å².